The predicted molar refractivity (Wildman–Crippen MR) is 78.5 cm³/mol. The Kier molecular flexibility index (Phi) is 6.00. The van der Waals surface area contributed by atoms with Crippen molar-refractivity contribution in [2.75, 3.05) is 32.8 Å². The third-order valence-corrected chi connectivity index (χ3v) is 3.13. The molecule has 1 aliphatic heterocycles. The molecule has 0 bridgehead atoms. The second-order valence-corrected chi connectivity index (χ2v) is 4.73. The SMILES string of the molecule is C#CCNC(=NCC1CCOC1)NCCc1ccco1. The molecule has 1 saturated heterocycles. The Bertz CT molecular complexity index is 442. The first-order valence-corrected chi connectivity index (χ1v) is 6.94. The molecular formula is C15H21N3O2. The quantitative estimate of drug-likeness (QED) is 0.462. The van der Waals surface area contributed by atoms with E-state index < -0.39 is 0 Å². The van der Waals surface area contributed by atoms with E-state index in [-0.39, 0.29) is 0 Å². The first kappa shape index (κ1) is 14.5. The molecule has 20 heavy (non-hydrogen) atoms. The Labute approximate surface area is 119 Å². The maximum Gasteiger partial charge on any atom is 0.192 e. The standard InChI is InChI=1S/C15H21N3O2/c1-2-7-16-15(18-11-13-6-10-19-12-13)17-8-5-14-4-3-9-20-14/h1,3-4,9,13H,5-8,10-12H2,(H2,16,17,18). The number of guanidine groups is 1. The molecule has 0 saturated carbocycles. The molecule has 2 rings (SSSR count). The summed E-state index contributed by atoms with van der Waals surface area (Å²) in [5.41, 5.74) is 0. The number of furan rings is 1. The van der Waals surface area contributed by atoms with Crippen LogP contribution in [-0.4, -0.2) is 38.8 Å². The molecule has 1 atom stereocenters. The second-order valence-electron chi connectivity index (χ2n) is 4.73. The normalized spacial score (nSPS) is 18.8. The summed E-state index contributed by atoms with van der Waals surface area (Å²) in [6.07, 6.45) is 8.85. The Morgan fingerprint density at radius 2 is 2.45 bits per heavy atom. The van der Waals surface area contributed by atoms with Crippen molar-refractivity contribution in [3.8, 4) is 12.3 Å². The molecule has 2 N–H and O–H groups in total. The van der Waals surface area contributed by atoms with Crippen LogP contribution in [0.3, 0.4) is 0 Å². The van der Waals surface area contributed by atoms with Gasteiger partial charge in [-0.1, -0.05) is 5.92 Å². The average molecular weight is 275 g/mol. The van der Waals surface area contributed by atoms with E-state index in [4.69, 9.17) is 15.6 Å². The fourth-order valence-electron chi connectivity index (χ4n) is 2.02. The van der Waals surface area contributed by atoms with Crippen molar-refractivity contribution in [2.45, 2.75) is 12.8 Å². The molecule has 0 aliphatic carbocycles. The monoisotopic (exact) mass is 275 g/mol. The van der Waals surface area contributed by atoms with E-state index in [0.717, 1.165) is 50.9 Å². The minimum atomic E-state index is 0.466. The molecule has 1 unspecified atom stereocenters. The molecule has 0 amide bonds. The molecule has 1 fully saturated rings. The van der Waals surface area contributed by atoms with Crippen molar-refractivity contribution >= 4 is 5.96 Å². The Balaban J connectivity index is 1.76. The largest absolute Gasteiger partial charge is 0.469 e. The highest BCUT2D eigenvalue weighted by Gasteiger charge is 2.15. The van der Waals surface area contributed by atoms with Crippen LogP contribution in [0.1, 0.15) is 12.2 Å². The summed E-state index contributed by atoms with van der Waals surface area (Å²) in [5.74, 6) is 4.78. The summed E-state index contributed by atoms with van der Waals surface area (Å²) in [4.78, 5) is 4.55. The highest BCUT2D eigenvalue weighted by molar-refractivity contribution is 5.80. The summed E-state index contributed by atoms with van der Waals surface area (Å²) < 4.78 is 10.6. The van der Waals surface area contributed by atoms with Gasteiger partial charge < -0.3 is 19.8 Å². The lowest BCUT2D eigenvalue weighted by Crippen LogP contribution is -2.39. The maximum atomic E-state index is 5.35. The van der Waals surface area contributed by atoms with E-state index in [2.05, 4.69) is 21.5 Å². The van der Waals surface area contributed by atoms with Gasteiger partial charge in [0.2, 0.25) is 0 Å². The second kappa shape index (κ2) is 8.28. The van der Waals surface area contributed by atoms with Crippen LogP contribution in [0.2, 0.25) is 0 Å². The number of rotatable bonds is 6. The molecule has 1 aromatic rings. The van der Waals surface area contributed by atoms with Gasteiger partial charge in [-0.25, -0.2) is 0 Å². The summed E-state index contributed by atoms with van der Waals surface area (Å²) in [6.45, 7) is 3.64. The zero-order valence-electron chi connectivity index (χ0n) is 11.6. The van der Waals surface area contributed by atoms with Gasteiger partial charge >= 0.3 is 0 Å². The lowest BCUT2D eigenvalue weighted by Gasteiger charge is -2.11. The third kappa shape index (κ3) is 4.98. The van der Waals surface area contributed by atoms with Crippen LogP contribution in [0.4, 0.5) is 0 Å². The van der Waals surface area contributed by atoms with Crippen LogP contribution < -0.4 is 10.6 Å². The summed E-state index contributed by atoms with van der Waals surface area (Å²) >= 11 is 0. The first-order valence-electron chi connectivity index (χ1n) is 6.94. The van der Waals surface area contributed by atoms with E-state index in [0.29, 0.717) is 12.5 Å². The number of aliphatic imine (C=N–C) groups is 1. The van der Waals surface area contributed by atoms with Gasteiger partial charge in [-0.2, -0.15) is 0 Å². The van der Waals surface area contributed by atoms with Gasteiger partial charge in [-0.05, 0) is 18.6 Å². The van der Waals surface area contributed by atoms with E-state index >= 15 is 0 Å². The van der Waals surface area contributed by atoms with Crippen molar-refractivity contribution in [3.63, 3.8) is 0 Å². The molecule has 1 aromatic heterocycles. The Hall–Kier alpha value is -1.93. The van der Waals surface area contributed by atoms with Gasteiger partial charge in [0.05, 0.1) is 19.4 Å². The zero-order valence-corrected chi connectivity index (χ0v) is 11.6. The van der Waals surface area contributed by atoms with Crippen molar-refractivity contribution in [1.82, 2.24) is 10.6 Å². The fourth-order valence-corrected chi connectivity index (χ4v) is 2.02. The average Bonchev–Trinajstić information content (AvgIpc) is 3.14. The van der Waals surface area contributed by atoms with Crippen LogP contribution in [-0.2, 0) is 11.2 Å². The van der Waals surface area contributed by atoms with Gasteiger partial charge in [0, 0.05) is 32.0 Å². The summed E-state index contributed by atoms with van der Waals surface area (Å²) in [6, 6.07) is 3.85. The van der Waals surface area contributed by atoms with Crippen molar-refractivity contribution in [1.29, 1.82) is 0 Å². The first-order chi connectivity index (χ1) is 9.88. The van der Waals surface area contributed by atoms with Gasteiger partial charge in [-0.15, -0.1) is 6.42 Å². The lowest BCUT2D eigenvalue weighted by molar-refractivity contribution is 0.187. The molecule has 0 spiro atoms. The van der Waals surface area contributed by atoms with Gasteiger partial charge in [-0.3, -0.25) is 4.99 Å². The highest BCUT2D eigenvalue weighted by atomic mass is 16.5. The van der Waals surface area contributed by atoms with E-state index in [1.165, 1.54) is 0 Å². The molecule has 5 nitrogen and oxygen atoms in total. The number of ether oxygens (including phenoxy) is 1. The maximum absolute atomic E-state index is 5.35. The van der Waals surface area contributed by atoms with Crippen LogP contribution >= 0.6 is 0 Å². The minimum Gasteiger partial charge on any atom is -0.469 e. The number of hydrogen-bond acceptors (Lipinski definition) is 3. The number of nitrogens with zero attached hydrogens (tertiary/aromatic N) is 1. The highest BCUT2D eigenvalue weighted by Crippen LogP contribution is 2.11. The number of hydrogen-bond donors (Lipinski definition) is 2. The van der Waals surface area contributed by atoms with Crippen LogP contribution in [0, 0.1) is 18.3 Å². The van der Waals surface area contributed by atoms with Gasteiger partial charge in [0.25, 0.3) is 0 Å². The molecule has 0 aromatic carbocycles. The predicted octanol–water partition coefficient (Wildman–Crippen LogP) is 1.03. The van der Waals surface area contributed by atoms with Crippen molar-refractivity contribution in [2.24, 2.45) is 10.9 Å². The van der Waals surface area contributed by atoms with Gasteiger partial charge in [0.1, 0.15) is 5.76 Å². The smallest absolute Gasteiger partial charge is 0.192 e. The molecule has 5 heteroatoms. The zero-order chi connectivity index (χ0) is 14.0. The molecule has 108 valence electrons. The third-order valence-electron chi connectivity index (χ3n) is 3.13. The topological polar surface area (TPSA) is 58.8 Å². The Morgan fingerprint density at radius 1 is 1.50 bits per heavy atom. The van der Waals surface area contributed by atoms with Crippen molar-refractivity contribution < 1.29 is 9.15 Å². The van der Waals surface area contributed by atoms with E-state index in [9.17, 15) is 0 Å². The van der Waals surface area contributed by atoms with Gasteiger partial charge in [0.15, 0.2) is 5.96 Å². The molecule has 2 heterocycles. The van der Waals surface area contributed by atoms with Crippen molar-refractivity contribution in [3.05, 3.63) is 24.2 Å². The Morgan fingerprint density at radius 3 is 3.15 bits per heavy atom. The van der Waals surface area contributed by atoms with Crippen LogP contribution in [0.5, 0.6) is 0 Å². The van der Waals surface area contributed by atoms with E-state index in [1.807, 2.05) is 12.1 Å². The molecule has 0 radical (unpaired) electrons. The summed E-state index contributed by atoms with van der Waals surface area (Å²) in [5, 5.41) is 6.36. The summed E-state index contributed by atoms with van der Waals surface area (Å²) in [7, 11) is 0. The number of terminal acetylenes is 1. The van der Waals surface area contributed by atoms with E-state index in [1.54, 1.807) is 6.26 Å². The lowest BCUT2D eigenvalue weighted by atomic mass is 10.1. The van der Waals surface area contributed by atoms with Crippen LogP contribution in [0.25, 0.3) is 0 Å². The molecule has 1 aliphatic rings. The van der Waals surface area contributed by atoms with Crippen LogP contribution in [0.15, 0.2) is 27.8 Å². The molecular weight excluding hydrogens is 254 g/mol. The number of nitrogens with one attached hydrogen (secondary N) is 2. The minimum absolute atomic E-state index is 0.466. The fraction of sp³-hybridized carbons (Fsp3) is 0.533.